The van der Waals surface area contributed by atoms with Crippen LogP contribution >= 0.6 is 0 Å². The molecular formula is C22H28N2O5. The first-order valence-corrected chi connectivity index (χ1v) is 9.49. The minimum atomic E-state index is -0.386. The van der Waals surface area contributed by atoms with Crippen molar-refractivity contribution in [3.05, 3.63) is 47.5 Å². The van der Waals surface area contributed by atoms with E-state index >= 15 is 0 Å². The van der Waals surface area contributed by atoms with Crippen LogP contribution < -0.4 is 24.4 Å². The van der Waals surface area contributed by atoms with Gasteiger partial charge in [-0.25, -0.2) is 5.43 Å². The van der Waals surface area contributed by atoms with E-state index in [-0.39, 0.29) is 5.91 Å². The highest BCUT2D eigenvalue weighted by atomic mass is 16.5. The maximum absolute atomic E-state index is 12.4. The summed E-state index contributed by atoms with van der Waals surface area (Å²) >= 11 is 0. The van der Waals surface area contributed by atoms with Gasteiger partial charge in [0.15, 0.2) is 11.5 Å². The molecule has 0 aliphatic rings. The van der Waals surface area contributed by atoms with Crippen LogP contribution in [0.3, 0.4) is 0 Å². The summed E-state index contributed by atoms with van der Waals surface area (Å²) in [5, 5.41) is 4.02. The molecule has 0 saturated heterocycles. The van der Waals surface area contributed by atoms with E-state index in [0.717, 1.165) is 24.8 Å². The summed E-state index contributed by atoms with van der Waals surface area (Å²) in [5.74, 6) is 1.93. The van der Waals surface area contributed by atoms with Gasteiger partial charge in [-0.1, -0.05) is 19.8 Å². The number of hydrogen-bond donors (Lipinski definition) is 1. The molecule has 0 aliphatic carbocycles. The topological polar surface area (TPSA) is 78.4 Å². The minimum absolute atomic E-state index is 0.360. The number of carbonyl (C=O) groups is 1. The molecule has 7 heteroatoms. The second-order valence-corrected chi connectivity index (χ2v) is 6.23. The quantitative estimate of drug-likeness (QED) is 0.350. The van der Waals surface area contributed by atoms with E-state index in [2.05, 4.69) is 17.5 Å². The highest BCUT2D eigenvalue weighted by molar-refractivity contribution is 5.97. The van der Waals surface area contributed by atoms with Crippen molar-refractivity contribution >= 4 is 12.1 Å². The maximum Gasteiger partial charge on any atom is 0.275 e. The molecule has 0 atom stereocenters. The molecule has 2 rings (SSSR count). The van der Waals surface area contributed by atoms with Crippen molar-refractivity contribution in [3.63, 3.8) is 0 Å². The summed E-state index contributed by atoms with van der Waals surface area (Å²) in [6, 6.07) is 10.4. The molecule has 0 heterocycles. The SMILES string of the molecule is CCCCCOc1ccc(/C=N/NC(=O)c2ccc(OC)cc2OC)cc1OC. The number of nitrogens with one attached hydrogen (secondary N) is 1. The number of amides is 1. The Morgan fingerprint density at radius 1 is 0.966 bits per heavy atom. The fourth-order valence-corrected chi connectivity index (χ4v) is 2.63. The van der Waals surface area contributed by atoms with Crippen molar-refractivity contribution in [2.75, 3.05) is 27.9 Å². The lowest BCUT2D eigenvalue weighted by Crippen LogP contribution is -2.18. The smallest absolute Gasteiger partial charge is 0.275 e. The molecule has 0 aliphatic heterocycles. The minimum Gasteiger partial charge on any atom is -0.497 e. The van der Waals surface area contributed by atoms with Gasteiger partial charge in [0.2, 0.25) is 0 Å². The molecule has 7 nitrogen and oxygen atoms in total. The van der Waals surface area contributed by atoms with Gasteiger partial charge in [-0.2, -0.15) is 5.10 Å². The van der Waals surface area contributed by atoms with Crippen LogP contribution in [0.2, 0.25) is 0 Å². The number of hydrogen-bond acceptors (Lipinski definition) is 6. The third-order valence-corrected chi connectivity index (χ3v) is 4.23. The lowest BCUT2D eigenvalue weighted by atomic mass is 10.2. The molecule has 1 amide bonds. The zero-order valence-electron chi connectivity index (χ0n) is 17.4. The summed E-state index contributed by atoms with van der Waals surface area (Å²) in [7, 11) is 4.63. The van der Waals surface area contributed by atoms with Crippen LogP contribution in [0.4, 0.5) is 0 Å². The van der Waals surface area contributed by atoms with Gasteiger partial charge in [0, 0.05) is 6.07 Å². The van der Waals surface area contributed by atoms with Gasteiger partial charge in [0.25, 0.3) is 5.91 Å². The number of unbranched alkanes of at least 4 members (excludes halogenated alkanes) is 2. The van der Waals surface area contributed by atoms with Crippen molar-refractivity contribution in [1.82, 2.24) is 5.43 Å². The van der Waals surface area contributed by atoms with Gasteiger partial charge in [0.05, 0.1) is 39.7 Å². The molecular weight excluding hydrogens is 372 g/mol. The first kappa shape index (κ1) is 22.1. The maximum atomic E-state index is 12.4. The number of rotatable bonds is 11. The van der Waals surface area contributed by atoms with Crippen LogP contribution in [0.1, 0.15) is 42.1 Å². The summed E-state index contributed by atoms with van der Waals surface area (Å²) in [4.78, 5) is 12.4. The van der Waals surface area contributed by atoms with Crippen LogP contribution in [-0.2, 0) is 0 Å². The van der Waals surface area contributed by atoms with Crippen molar-refractivity contribution in [2.24, 2.45) is 5.10 Å². The normalized spacial score (nSPS) is 10.6. The number of ether oxygens (including phenoxy) is 4. The monoisotopic (exact) mass is 400 g/mol. The lowest BCUT2D eigenvalue weighted by Gasteiger charge is -2.11. The summed E-state index contributed by atoms with van der Waals surface area (Å²) in [6.45, 7) is 2.80. The van der Waals surface area contributed by atoms with E-state index in [0.29, 0.717) is 35.2 Å². The zero-order valence-corrected chi connectivity index (χ0v) is 17.4. The molecule has 2 aromatic carbocycles. The molecule has 0 radical (unpaired) electrons. The molecule has 0 aromatic heterocycles. The molecule has 0 unspecified atom stereocenters. The predicted octanol–water partition coefficient (Wildman–Crippen LogP) is 4.05. The second kappa shape index (κ2) is 11.6. The number of carbonyl (C=O) groups excluding carboxylic acids is 1. The van der Waals surface area contributed by atoms with E-state index in [9.17, 15) is 4.79 Å². The summed E-state index contributed by atoms with van der Waals surface area (Å²) < 4.78 is 21.5. The van der Waals surface area contributed by atoms with E-state index in [1.54, 1.807) is 38.5 Å². The number of methoxy groups -OCH3 is 3. The van der Waals surface area contributed by atoms with Gasteiger partial charge >= 0.3 is 0 Å². The van der Waals surface area contributed by atoms with Crippen molar-refractivity contribution in [2.45, 2.75) is 26.2 Å². The van der Waals surface area contributed by atoms with Crippen molar-refractivity contribution < 1.29 is 23.7 Å². The number of benzene rings is 2. The van der Waals surface area contributed by atoms with Crippen LogP contribution in [0.15, 0.2) is 41.5 Å². The highest BCUT2D eigenvalue weighted by Gasteiger charge is 2.12. The Kier molecular flexibility index (Phi) is 8.82. The summed E-state index contributed by atoms with van der Waals surface area (Å²) in [5.41, 5.74) is 3.63. The van der Waals surface area contributed by atoms with E-state index in [1.807, 2.05) is 12.1 Å². The van der Waals surface area contributed by atoms with Gasteiger partial charge in [0.1, 0.15) is 11.5 Å². The van der Waals surface area contributed by atoms with E-state index in [1.165, 1.54) is 13.3 Å². The fourth-order valence-electron chi connectivity index (χ4n) is 2.63. The van der Waals surface area contributed by atoms with Gasteiger partial charge in [-0.3, -0.25) is 4.79 Å². The van der Waals surface area contributed by atoms with Gasteiger partial charge < -0.3 is 18.9 Å². The third kappa shape index (κ3) is 6.41. The molecule has 0 fully saturated rings. The number of hydrazone groups is 1. The average Bonchev–Trinajstić information content (AvgIpc) is 2.76. The molecule has 156 valence electrons. The highest BCUT2D eigenvalue weighted by Crippen LogP contribution is 2.28. The van der Waals surface area contributed by atoms with E-state index in [4.69, 9.17) is 18.9 Å². The Hall–Kier alpha value is -3.22. The Balaban J connectivity index is 2.01. The standard InChI is InChI=1S/C22H28N2O5/c1-5-6-7-12-29-19-11-8-16(13-21(19)28-4)15-23-24-22(25)18-10-9-17(26-2)14-20(18)27-3/h8-11,13-15H,5-7,12H2,1-4H3,(H,24,25)/b23-15+. The van der Waals surface area contributed by atoms with Crippen LogP contribution in [0, 0.1) is 0 Å². The van der Waals surface area contributed by atoms with Crippen molar-refractivity contribution in [3.8, 4) is 23.0 Å². The Bertz CT molecular complexity index is 836. The fraction of sp³-hybridized carbons (Fsp3) is 0.364. The Morgan fingerprint density at radius 2 is 1.76 bits per heavy atom. The molecule has 2 aromatic rings. The van der Waals surface area contributed by atoms with Crippen LogP contribution in [0.5, 0.6) is 23.0 Å². The Labute approximate surface area is 171 Å². The molecule has 0 saturated carbocycles. The first-order chi connectivity index (χ1) is 14.1. The molecule has 0 spiro atoms. The molecule has 1 N–H and O–H groups in total. The third-order valence-electron chi connectivity index (χ3n) is 4.23. The summed E-state index contributed by atoms with van der Waals surface area (Å²) in [6.07, 6.45) is 4.82. The van der Waals surface area contributed by atoms with Gasteiger partial charge in [-0.05, 0) is 42.3 Å². The average molecular weight is 400 g/mol. The van der Waals surface area contributed by atoms with Crippen LogP contribution in [0.25, 0.3) is 0 Å². The second-order valence-electron chi connectivity index (χ2n) is 6.23. The first-order valence-electron chi connectivity index (χ1n) is 9.49. The molecule has 29 heavy (non-hydrogen) atoms. The predicted molar refractivity (Wildman–Crippen MR) is 113 cm³/mol. The number of nitrogens with zero attached hydrogens (tertiary/aromatic N) is 1. The lowest BCUT2D eigenvalue weighted by molar-refractivity contribution is 0.0952. The Morgan fingerprint density at radius 3 is 2.45 bits per heavy atom. The van der Waals surface area contributed by atoms with E-state index < -0.39 is 0 Å². The largest absolute Gasteiger partial charge is 0.497 e. The van der Waals surface area contributed by atoms with Gasteiger partial charge in [-0.15, -0.1) is 0 Å². The zero-order chi connectivity index (χ0) is 21.1. The van der Waals surface area contributed by atoms with Crippen LogP contribution in [-0.4, -0.2) is 40.1 Å². The molecule has 0 bridgehead atoms. The van der Waals surface area contributed by atoms with Crippen molar-refractivity contribution in [1.29, 1.82) is 0 Å².